The highest BCUT2D eigenvalue weighted by Gasteiger charge is 2.31. The maximum absolute atomic E-state index is 12.5. The smallest absolute Gasteiger partial charge is 0.410 e. The lowest BCUT2D eigenvalue weighted by molar-refractivity contribution is 0.0138. The summed E-state index contributed by atoms with van der Waals surface area (Å²) in [6, 6.07) is 4.39. The number of benzene rings is 1. The van der Waals surface area contributed by atoms with E-state index in [1.165, 1.54) is 5.56 Å². The maximum Gasteiger partial charge on any atom is 0.410 e. The molecule has 0 fully saturated rings. The molecule has 24 heavy (non-hydrogen) atoms. The number of nitrogens with one attached hydrogen (secondary N) is 1. The van der Waals surface area contributed by atoms with Crippen molar-refractivity contribution in [3.05, 3.63) is 28.8 Å². The first-order valence-corrected chi connectivity index (χ1v) is 8.64. The van der Waals surface area contributed by atoms with Crippen molar-refractivity contribution >= 4 is 6.09 Å². The Morgan fingerprint density at radius 2 is 2.04 bits per heavy atom. The third-order valence-electron chi connectivity index (χ3n) is 4.18. The van der Waals surface area contributed by atoms with Gasteiger partial charge in [-0.15, -0.1) is 0 Å². The van der Waals surface area contributed by atoms with Crippen LogP contribution in [-0.4, -0.2) is 36.3 Å². The molecule has 1 aromatic carbocycles. The van der Waals surface area contributed by atoms with Gasteiger partial charge in [-0.05, 0) is 57.9 Å². The first-order valence-electron chi connectivity index (χ1n) is 8.64. The Morgan fingerprint density at radius 1 is 1.33 bits per heavy atom. The number of rotatable bonds is 4. The molecule has 0 bridgehead atoms. The molecule has 1 aromatic rings. The van der Waals surface area contributed by atoms with Crippen molar-refractivity contribution in [2.24, 2.45) is 0 Å². The van der Waals surface area contributed by atoms with Crippen molar-refractivity contribution < 1.29 is 14.3 Å². The molecule has 1 N–H and O–H groups in total. The molecule has 0 saturated carbocycles. The van der Waals surface area contributed by atoms with Crippen LogP contribution in [0.2, 0.25) is 0 Å². The van der Waals surface area contributed by atoms with E-state index in [9.17, 15) is 4.79 Å². The standard InChI is InChI=1S/C19H30N2O3/c1-7-20-11-15-9-14-8-13(2)21(18(22)24-19(3,4)5)12-16(14)10-17(15)23-6/h9-10,13,20H,7-8,11-12H2,1-6H3. The van der Waals surface area contributed by atoms with Gasteiger partial charge in [0, 0.05) is 24.7 Å². The zero-order valence-corrected chi connectivity index (χ0v) is 15.7. The molecule has 2 rings (SSSR count). The number of hydrogen-bond donors (Lipinski definition) is 1. The van der Waals surface area contributed by atoms with Crippen LogP contribution in [0.5, 0.6) is 5.75 Å². The van der Waals surface area contributed by atoms with Gasteiger partial charge in [0.05, 0.1) is 7.11 Å². The minimum absolute atomic E-state index is 0.118. The summed E-state index contributed by atoms with van der Waals surface area (Å²) in [5, 5.41) is 3.35. The molecule has 1 aliphatic heterocycles. The SMILES string of the molecule is CCNCc1cc2c(cc1OC)CN(C(=O)OC(C)(C)C)C(C)C2. The van der Waals surface area contributed by atoms with E-state index in [0.29, 0.717) is 6.54 Å². The van der Waals surface area contributed by atoms with E-state index >= 15 is 0 Å². The largest absolute Gasteiger partial charge is 0.496 e. The Hall–Kier alpha value is -1.75. The van der Waals surface area contributed by atoms with Gasteiger partial charge in [-0.3, -0.25) is 0 Å². The summed E-state index contributed by atoms with van der Waals surface area (Å²) in [5.41, 5.74) is 3.10. The van der Waals surface area contributed by atoms with Crippen molar-refractivity contribution in [3.8, 4) is 5.75 Å². The summed E-state index contributed by atoms with van der Waals surface area (Å²) in [4.78, 5) is 14.3. The summed E-state index contributed by atoms with van der Waals surface area (Å²) >= 11 is 0. The average molecular weight is 334 g/mol. The monoisotopic (exact) mass is 334 g/mol. The van der Waals surface area contributed by atoms with Crippen molar-refractivity contribution in [1.82, 2.24) is 10.2 Å². The number of carbonyl (C=O) groups excluding carboxylic acids is 1. The highest BCUT2D eigenvalue weighted by Crippen LogP contribution is 2.31. The number of carbonyl (C=O) groups is 1. The van der Waals surface area contributed by atoms with E-state index in [0.717, 1.165) is 36.4 Å². The van der Waals surface area contributed by atoms with Gasteiger partial charge >= 0.3 is 6.09 Å². The number of nitrogens with zero attached hydrogens (tertiary/aromatic N) is 1. The highest BCUT2D eigenvalue weighted by molar-refractivity contribution is 5.69. The van der Waals surface area contributed by atoms with Crippen LogP contribution in [0.3, 0.4) is 0 Å². The number of ether oxygens (including phenoxy) is 2. The van der Waals surface area contributed by atoms with E-state index < -0.39 is 5.60 Å². The quantitative estimate of drug-likeness (QED) is 0.916. The molecule has 0 aromatic heterocycles. The second-order valence-electron chi connectivity index (χ2n) is 7.37. The molecule has 1 heterocycles. The van der Waals surface area contributed by atoms with Crippen LogP contribution in [0.25, 0.3) is 0 Å². The Bertz CT molecular complexity index is 593. The van der Waals surface area contributed by atoms with E-state index in [2.05, 4.69) is 31.3 Å². The van der Waals surface area contributed by atoms with Crippen LogP contribution >= 0.6 is 0 Å². The van der Waals surface area contributed by atoms with Crippen molar-refractivity contribution in [2.75, 3.05) is 13.7 Å². The van der Waals surface area contributed by atoms with Gasteiger partial charge in [0.2, 0.25) is 0 Å². The fourth-order valence-electron chi connectivity index (χ4n) is 2.98. The molecule has 0 radical (unpaired) electrons. The van der Waals surface area contributed by atoms with Crippen LogP contribution < -0.4 is 10.1 Å². The summed E-state index contributed by atoms with van der Waals surface area (Å²) in [7, 11) is 1.69. The van der Waals surface area contributed by atoms with Crippen LogP contribution in [0, 0.1) is 0 Å². The van der Waals surface area contributed by atoms with Crippen LogP contribution in [0.1, 0.15) is 51.3 Å². The zero-order chi connectivity index (χ0) is 17.9. The maximum atomic E-state index is 12.5. The third-order valence-corrected chi connectivity index (χ3v) is 4.18. The topological polar surface area (TPSA) is 50.8 Å². The molecule has 0 saturated heterocycles. The second-order valence-corrected chi connectivity index (χ2v) is 7.37. The Morgan fingerprint density at radius 3 is 2.62 bits per heavy atom. The van der Waals surface area contributed by atoms with Crippen LogP contribution in [0.15, 0.2) is 12.1 Å². The predicted molar refractivity (Wildman–Crippen MR) is 95.3 cm³/mol. The van der Waals surface area contributed by atoms with Crippen molar-refractivity contribution in [3.63, 3.8) is 0 Å². The Balaban J connectivity index is 2.24. The zero-order valence-electron chi connectivity index (χ0n) is 15.7. The van der Waals surface area contributed by atoms with Crippen molar-refractivity contribution in [2.45, 2.75) is 65.8 Å². The normalized spacial score (nSPS) is 17.4. The molecule has 1 atom stereocenters. The number of methoxy groups -OCH3 is 1. The molecule has 5 nitrogen and oxygen atoms in total. The van der Waals surface area contributed by atoms with Gasteiger partial charge < -0.3 is 19.7 Å². The lowest BCUT2D eigenvalue weighted by Gasteiger charge is -2.36. The molecule has 1 aliphatic rings. The number of fused-ring (bicyclic) bond motifs is 1. The molecular formula is C19H30N2O3. The van der Waals surface area contributed by atoms with Crippen molar-refractivity contribution in [1.29, 1.82) is 0 Å². The summed E-state index contributed by atoms with van der Waals surface area (Å²) < 4.78 is 11.1. The van der Waals surface area contributed by atoms with E-state index in [1.54, 1.807) is 12.0 Å². The highest BCUT2D eigenvalue weighted by atomic mass is 16.6. The fourth-order valence-corrected chi connectivity index (χ4v) is 2.98. The molecule has 134 valence electrons. The van der Waals surface area contributed by atoms with Crippen LogP contribution in [-0.2, 0) is 24.2 Å². The molecule has 5 heteroatoms. The van der Waals surface area contributed by atoms with Gasteiger partial charge in [0.1, 0.15) is 11.4 Å². The summed E-state index contributed by atoms with van der Waals surface area (Å²) in [5.74, 6) is 0.869. The van der Waals surface area contributed by atoms with Gasteiger partial charge in [0.15, 0.2) is 0 Å². The third kappa shape index (κ3) is 4.41. The molecule has 0 spiro atoms. The Kier molecular flexibility index (Phi) is 5.75. The fraction of sp³-hybridized carbons (Fsp3) is 0.632. The second kappa shape index (κ2) is 7.43. The lowest BCUT2D eigenvalue weighted by Crippen LogP contribution is -2.45. The minimum atomic E-state index is -0.482. The van der Waals surface area contributed by atoms with Gasteiger partial charge in [0.25, 0.3) is 0 Å². The number of amides is 1. The lowest BCUT2D eigenvalue weighted by atomic mass is 9.92. The Labute approximate surface area is 145 Å². The molecule has 1 unspecified atom stereocenters. The molecule has 1 amide bonds. The van der Waals surface area contributed by atoms with E-state index in [4.69, 9.17) is 9.47 Å². The predicted octanol–water partition coefficient (Wildman–Crippen LogP) is 3.49. The van der Waals surface area contributed by atoms with Crippen LogP contribution in [0.4, 0.5) is 4.79 Å². The minimum Gasteiger partial charge on any atom is -0.496 e. The number of hydrogen-bond acceptors (Lipinski definition) is 4. The van der Waals surface area contributed by atoms with Gasteiger partial charge in [-0.1, -0.05) is 13.0 Å². The molecule has 0 aliphatic carbocycles. The van der Waals surface area contributed by atoms with Gasteiger partial charge in [-0.2, -0.15) is 0 Å². The first kappa shape index (κ1) is 18.6. The molecular weight excluding hydrogens is 304 g/mol. The van der Waals surface area contributed by atoms with E-state index in [-0.39, 0.29) is 12.1 Å². The summed E-state index contributed by atoms with van der Waals surface area (Å²) in [6.07, 6.45) is 0.578. The van der Waals surface area contributed by atoms with Gasteiger partial charge in [-0.25, -0.2) is 4.79 Å². The van der Waals surface area contributed by atoms with E-state index in [1.807, 2.05) is 20.8 Å². The summed E-state index contributed by atoms with van der Waals surface area (Å²) in [6.45, 7) is 12.1. The average Bonchev–Trinajstić information content (AvgIpc) is 2.49. The first-order chi connectivity index (χ1) is 11.2.